The molecule has 0 saturated heterocycles. The maximum atomic E-state index is 8.75. The summed E-state index contributed by atoms with van der Waals surface area (Å²) >= 11 is 1.82. The van der Waals surface area contributed by atoms with E-state index in [1.54, 1.807) is 0 Å². The molecule has 0 saturated carbocycles. The van der Waals surface area contributed by atoms with Crippen LogP contribution in [0.1, 0.15) is 29.1 Å². The van der Waals surface area contributed by atoms with E-state index >= 15 is 0 Å². The third kappa shape index (κ3) is 8.93. The SMILES string of the molecule is [2H]C([2H])(c1cc(-c2[c-]cccc2)ncc1[Si](C)(C)C)C(C)(C)C.[Ir].[c-]1ccc2c(sc3cc(-c4ccccc4)ccc32)c1-c1nc2ccccc2n1-c1ccccc1-c1ccccc1. The standard InChI is InChI=1S/C37H23N2S.C19H26NSi.Ir/c1-3-12-25(13-4-1)27-22-23-29-30-17-11-18-31(36(30)40-35(29)24-27)37-38-32-19-8-10-21-34(32)39(37)33-20-9-7-16-28(33)26-14-5-2-6-15-26;1-19(2,3)13-16-12-17(15-10-8-7-9-11-15)20-14-18(16)21(4,5)6;/h1-17,19-24H;7-10,12,14H,13H2,1-6H3;/q2*-1;/i;13D2;. The van der Waals surface area contributed by atoms with Crippen LogP contribution < -0.4 is 5.19 Å². The van der Waals surface area contributed by atoms with E-state index in [0.29, 0.717) is 0 Å². The van der Waals surface area contributed by atoms with Crippen LogP contribution in [-0.2, 0) is 26.5 Å². The minimum absolute atomic E-state index is 0. The molecule has 0 aliphatic heterocycles. The Balaban J connectivity index is 0.000000201. The van der Waals surface area contributed by atoms with Gasteiger partial charge in [0.15, 0.2) is 0 Å². The first-order valence-electron chi connectivity index (χ1n) is 21.8. The van der Waals surface area contributed by atoms with Crippen LogP contribution in [-0.4, -0.2) is 22.6 Å². The summed E-state index contributed by atoms with van der Waals surface area (Å²) in [5.74, 6) is 0.907. The van der Waals surface area contributed by atoms with E-state index in [9.17, 15) is 0 Å². The molecule has 0 spiro atoms. The summed E-state index contributed by atoms with van der Waals surface area (Å²) < 4.78 is 22.3. The number of nitrogens with zero attached hydrogens (tertiary/aromatic N) is 3. The minimum Gasteiger partial charge on any atom is -0.333 e. The predicted octanol–water partition coefficient (Wildman–Crippen LogP) is 14.9. The molecule has 1 radical (unpaired) electrons. The van der Waals surface area contributed by atoms with E-state index in [1.165, 1.54) is 42.4 Å². The first-order valence-corrected chi connectivity index (χ1v) is 25.1. The Labute approximate surface area is 387 Å². The van der Waals surface area contributed by atoms with Gasteiger partial charge in [-0.2, -0.15) is 11.3 Å². The van der Waals surface area contributed by atoms with Crippen LogP contribution in [0.25, 0.3) is 81.8 Å². The zero-order valence-corrected chi connectivity index (χ0v) is 40.0. The van der Waals surface area contributed by atoms with E-state index < -0.39 is 19.9 Å². The second-order valence-electron chi connectivity index (χ2n) is 17.4. The average Bonchev–Trinajstić information content (AvgIpc) is 3.88. The fraction of sp³-hybridized carbons (Fsp3) is 0.143. The van der Waals surface area contributed by atoms with Crippen LogP contribution in [0.15, 0.2) is 176 Å². The molecule has 10 rings (SSSR count). The average molecular weight is 1020 g/mol. The second-order valence-corrected chi connectivity index (χ2v) is 23.5. The van der Waals surface area contributed by atoms with Crippen molar-refractivity contribution in [3.05, 3.63) is 194 Å². The van der Waals surface area contributed by atoms with Crippen molar-refractivity contribution < 1.29 is 22.8 Å². The van der Waals surface area contributed by atoms with Crippen LogP contribution in [0.2, 0.25) is 19.6 Å². The first kappa shape index (κ1) is 40.3. The van der Waals surface area contributed by atoms with Crippen molar-refractivity contribution >= 4 is 55.8 Å². The van der Waals surface area contributed by atoms with Gasteiger partial charge in [0.2, 0.25) is 0 Å². The van der Waals surface area contributed by atoms with Crippen LogP contribution in [0, 0.1) is 17.5 Å². The smallest absolute Gasteiger partial charge is 0.0798 e. The van der Waals surface area contributed by atoms with Crippen LogP contribution in [0.4, 0.5) is 0 Å². The first-order chi connectivity index (χ1) is 30.3. The van der Waals surface area contributed by atoms with Gasteiger partial charge in [0.1, 0.15) is 0 Å². The third-order valence-electron chi connectivity index (χ3n) is 10.8. The van der Waals surface area contributed by atoms with Gasteiger partial charge in [-0.05, 0) is 73.7 Å². The molecule has 0 N–H and O–H groups in total. The molecule has 0 atom stereocenters. The summed E-state index contributed by atoms with van der Waals surface area (Å²) in [6.45, 7) is 12.6. The topological polar surface area (TPSA) is 30.7 Å². The van der Waals surface area contributed by atoms with Crippen molar-refractivity contribution in [2.24, 2.45) is 5.41 Å². The minimum atomic E-state index is -1.70. The molecule has 10 aromatic rings. The van der Waals surface area contributed by atoms with Gasteiger partial charge >= 0.3 is 0 Å². The number of benzene rings is 7. The summed E-state index contributed by atoms with van der Waals surface area (Å²) in [6.07, 6.45) is 0.469. The number of hydrogen-bond acceptors (Lipinski definition) is 3. The Bertz CT molecular complexity index is 3220. The van der Waals surface area contributed by atoms with Crippen molar-refractivity contribution in [2.75, 3.05) is 0 Å². The molecule has 0 amide bonds. The molecular formula is C56H49IrN3SSi-2. The van der Waals surface area contributed by atoms with Gasteiger partial charge in [-0.25, -0.2) is 0 Å². The second kappa shape index (κ2) is 17.9. The Morgan fingerprint density at radius 2 is 1.37 bits per heavy atom. The number of aromatic nitrogens is 3. The van der Waals surface area contributed by atoms with Gasteiger partial charge < -0.3 is 9.55 Å². The van der Waals surface area contributed by atoms with Gasteiger partial charge in [0.25, 0.3) is 0 Å². The van der Waals surface area contributed by atoms with Crippen LogP contribution >= 0.6 is 11.3 Å². The zero-order chi connectivity index (χ0) is 43.9. The third-order valence-corrected chi connectivity index (χ3v) is 14.0. The molecule has 3 nitrogen and oxygen atoms in total. The molecule has 0 aliphatic rings. The molecule has 62 heavy (non-hydrogen) atoms. The maximum Gasteiger partial charge on any atom is 0.0798 e. The van der Waals surface area contributed by atoms with Crippen molar-refractivity contribution in [1.29, 1.82) is 0 Å². The molecule has 6 heteroatoms. The van der Waals surface area contributed by atoms with Gasteiger partial charge in [-0.1, -0.05) is 166 Å². The zero-order valence-electron chi connectivity index (χ0n) is 37.8. The van der Waals surface area contributed by atoms with E-state index in [4.69, 9.17) is 7.73 Å². The number of thiophene rings is 1. The summed E-state index contributed by atoms with van der Waals surface area (Å²) in [6, 6.07) is 65.6. The molecule has 3 heterocycles. The maximum absolute atomic E-state index is 8.75. The Kier molecular flexibility index (Phi) is 11.7. The fourth-order valence-electron chi connectivity index (χ4n) is 7.95. The molecule has 0 fully saturated rings. The van der Waals surface area contributed by atoms with Crippen LogP contribution in [0.5, 0.6) is 0 Å². The summed E-state index contributed by atoms with van der Waals surface area (Å²) in [4.78, 5) is 9.83. The quantitative estimate of drug-likeness (QED) is 0.118. The van der Waals surface area contributed by atoms with Gasteiger partial charge in [0.05, 0.1) is 24.9 Å². The number of para-hydroxylation sites is 3. The molecule has 309 valence electrons. The molecule has 7 aromatic carbocycles. The van der Waals surface area contributed by atoms with Crippen molar-refractivity contribution in [2.45, 2.75) is 46.8 Å². The van der Waals surface area contributed by atoms with Gasteiger partial charge in [-0.3, -0.25) is 4.98 Å². The number of fused-ring (bicyclic) bond motifs is 4. The summed E-state index contributed by atoms with van der Waals surface area (Å²) in [5.41, 5.74) is 11.0. The predicted molar refractivity (Wildman–Crippen MR) is 264 cm³/mol. The molecule has 0 bridgehead atoms. The fourth-order valence-corrected chi connectivity index (χ4v) is 10.6. The van der Waals surface area contributed by atoms with Crippen molar-refractivity contribution in [1.82, 2.24) is 14.5 Å². The van der Waals surface area contributed by atoms with Gasteiger partial charge in [-0.15, -0.1) is 54.1 Å². The van der Waals surface area contributed by atoms with E-state index in [1.807, 2.05) is 74.7 Å². The molecule has 0 unspecified atom stereocenters. The Morgan fingerprint density at radius 3 is 2.10 bits per heavy atom. The molecular weight excluding hydrogens is 967 g/mol. The summed E-state index contributed by atoms with van der Waals surface area (Å²) in [7, 11) is -1.70. The Morgan fingerprint density at radius 1 is 0.677 bits per heavy atom. The number of imidazole rings is 1. The molecule has 3 aromatic heterocycles. The van der Waals surface area contributed by atoms with E-state index in [0.717, 1.165) is 50.1 Å². The van der Waals surface area contributed by atoms with Crippen molar-refractivity contribution in [3.63, 3.8) is 0 Å². The molecule has 0 aliphatic carbocycles. The summed E-state index contributed by atoms with van der Waals surface area (Å²) in [5, 5.41) is 3.60. The van der Waals surface area contributed by atoms with E-state index in [2.05, 4.69) is 175 Å². The van der Waals surface area contributed by atoms with Crippen LogP contribution in [0.3, 0.4) is 0 Å². The Hall–Kier alpha value is -5.75. The monoisotopic (exact) mass is 1020 g/mol. The van der Waals surface area contributed by atoms with Crippen molar-refractivity contribution in [3.8, 4) is 50.6 Å². The number of pyridine rings is 1. The number of hydrogen-bond donors (Lipinski definition) is 0. The normalized spacial score (nSPS) is 12.4. The largest absolute Gasteiger partial charge is 0.333 e. The van der Waals surface area contributed by atoms with E-state index in [-0.39, 0.29) is 20.1 Å². The van der Waals surface area contributed by atoms with Gasteiger partial charge in [0, 0.05) is 45.0 Å². The number of rotatable bonds is 7.